The maximum Gasteiger partial charge on any atom is 0.410 e. The number of hydrogen-bond donors (Lipinski definition) is 3. The van der Waals surface area contributed by atoms with Crippen molar-refractivity contribution in [3.63, 3.8) is 0 Å². The number of methoxy groups -OCH3 is 2. The van der Waals surface area contributed by atoms with Crippen molar-refractivity contribution in [1.29, 1.82) is 0 Å². The Bertz CT molecular complexity index is 1760. The second-order valence-electron chi connectivity index (χ2n) is 17.7. The first kappa shape index (κ1) is 52.6. The summed E-state index contributed by atoms with van der Waals surface area (Å²) in [4.78, 5) is 74.3. The van der Waals surface area contributed by atoms with Gasteiger partial charge in [0.05, 0.1) is 48.8 Å². The van der Waals surface area contributed by atoms with Crippen LogP contribution in [0.15, 0.2) is 54.6 Å². The molecule has 3 rings (SSSR count). The van der Waals surface area contributed by atoms with Crippen LogP contribution in [0.4, 0.5) is 10.5 Å². The van der Waals surface area contributed by atoms with E-state index in [4.69, 9.17) is 14.2 Å². The third-order valence-corrected chi connectivity index (χ3v) is 12.6. The lowest BCUT2D eigenvalue weighted by atomic mass is 9.89. The fourth-order valence-corrected chi connectivity index (χ4v) is 8.68. The molecule has 3 N–H and O–H groups in total. The average Bonchev–Trinajstić information content (AvgIpc) is 3.76. The number of aliphatic hydroxyl groups is 1. The molecule has 0 aromatic heterocycles. The summed E-state index contributed by atoms with van der Waals surface area (Å²) in [5, 5.41) is 20.9. The highest BCUT2D eigenvalue weighted by molar-refractivity contribution is 5.91. The molecule has 0 aliphatic carbocycles. The van der Waals surface area contributed by atoms with Gasteiger partial charge in [-0.2, -0.15) is 0 Å². The summed E-state index contributed by atoms with van der Waals surface area (Å²) >= 11 is 0. The van der Waals surface area contributed by atoms with Gasteiger partial charge in [-0.1, -0.05) is 109 Å². The van der Waals surface area contributed by atoms with Crippen LogP contribution in [0.1, 0.15) is 98.3 Å². The van der Waals surface area contributed by atoms with Crippen LogP contribution in [-0.4, -0.2) is 134 Å². The summed E-state index contributed by atoms with van der Waals surface area (Å²) in [6.07, 6.45) is -0.889. The molecule has 1 aliphatic heterocycles. The highest BCUT2D eigenvalue weighted by Gasteiger charge is 2.43. The molecule has 10 atom stereocenters. The van der Waals surface area contributed by atoms with Gasteiger partial charge in [-0.25, -0.2) is 4.79 Å². The van der Waals surface area contributed by atoms with E-state index >= 15 is 0 Å². The Morgan fingerprint density at radius 1 is 0.857 bits per heavy atom. The summed E-state index contributed by atoms with van der Waals surface area (Å²) in [7, 11) is 7.95. The van der Waals surface area contributed by atoms with Gasteiger partial charge in [0.1, 0.15) is 18.7 Å². The molecule has 5 amide bonds. The zero-order valence-electron chi connectivity index (χ0n) is 39.9. The van der Waals surface area contributed by atoms with Gasteiger partial charge in [0.2, 0.25) is 23.6 Å². The van der Waals surface area contributed by atoms with Crippen molar-refractivity contribution in [2.45, 2.75) is 136 Å². The van der Waals surface area contributed by atoms with Crippen molar-refractivity contribution < 1.29 is 43.3 Å². The topological polar surface area (TPSA) is 181 Å². The van der Waals surface area contributed by atoms with E-state index in [0.29, 0.717) is 24.9 Å². The molecule has 1 fully saturated rings. The highest BCUT2D eigenvalue weighted by Crippen LogP contribution is 2.30. The molecule has 0 bridgehead atoms. The van der Waals surface area contributed by atoms with Gasteiger partial charge in [0.15, 0.2) is 0 Å². The lowest BCUT2D eigenvalue weighted by molar-refractivity contribution is -0.148. The number of carbonyl (C=O) groups is 5. The number of likely N-dealkylation sites (tertiary alicyclic amines) is 1. The zero-order chi connectivity index (χ0) is 47.1. The van der Waals surface area contributed by atoms with Gasteiger partial charge >= 0.3 is 6.09 Å². The first-order valence-corrected chi connectivity index (χ1v) is 22.4. The minimum Gasteiger partial charge on any atom is -0.687 e. The maximum atomic E-state index is 14.5. The van der Waals surface area contributed by atoms with Crippen LogP contribution >= 0.6 is 0 Å². The summed E-state index contributed by atoms with van der Waals surface area (Å²) < 4.78 is 17.6. The van der Waals surface area contributed by atoms with E-state index in [1.165, 1.54) is 26.2 Å². The van der Waals surface area contributed by atoms with Crippen molar-refractivity contribution in [3.05, 3.63) is 71.0 Å². The van der Waals surface area contributed by atoms with E-state index in [-0.39, 0.29) is 54.5 Å². The molecule has 0 radical (unpaired) electrons. The van der Waals surface area contributed by atoms with Gasteiger partial charge in [-0.05, 0) is 48.6 Å². The van der Waals surface area contributed by atoms with Gasteiger partial charge in [0, 0.05) is 34.9 Å². The van der Waals surface area contributed by atoms with E-state index < -0.39 is 60.4 Å². The fourth-order valence-electron chi connectivity index (χ4n) is 8.68. The molecule has 1 unspecified atom stereocenters. The van der Waals surface area contributed by atoms with Crippen molar-refractivity contribution in [2.24, 2.45) is 23.7 Å². The predicted octanol–water partition coefficient (Wildman–Crippen LogP) is 6.21. The number of rotatable bonds is 23. The lowest BCUT2D eigenvalue weighted by Gasteiger charge is -2.41. The molecule has 15 nitrogen and oxygen atoms in total. The fraction of sp³-hybridized carbons (Fsp3) is 0.646. The minimum atomic E-state index is -0.954. The molecule has 1 heterocycles. The van der Waals surface area contributed by atoms with Crippen molar-refractivity contribution in [2.75, 3.05) is 41.9 Å². The van der Waals surface area contributed by atoms with Gasteiger partial charge in [-0.3, -0.25) is 24.1 Å². The Morgan fingerprint density at radius 3 is 2.03 bits per heavy atom. The standard InChI is InChI=1S/C48H75N6O9/c1-14-31(6)42(52(10)47(59)40(29(2)3)51-46(58)41(30(4)5)53(11)48(60)63-28-34-22-24-36(49-9)25-23-34)38(61-12)27-39(55)54-26-18-21-37(54)44(62-13)32(7)45(57)50-33(8)43(56)35-19-16-15-17-20-35/h15-17,19-20,22-25,29-33,37-38,40-44,56H,14,18,21,26-28H2,1-13H3,(H,50,57)(H,51,58)/q-1/t31-,32+,33+,37-,38+,40?,41-,42-,43+,44+/m0/s1. The van der Waals surface area contributed by atoms with E-state index in [1.807, 2.05) is 84.0 Å². The zero-order valence-corrected chi connectivity index (χ0v) is 39.9. The van der Waals surface area contributed by atoms with Crippen LogP contribution in [0.5, 0.6) is 0 Å². The Kier molecular flexibility index (Phi) is 20.8. The minimum absolute atomic E-state index is 0.0139. The molecular weight excluding hydrogens is 805 g/mol. The van der Waals surface area contributed by atoms with Gasteiger partial charge in [0.25, 0.3) is 0 Å². The number of ether oxygens (including phenoxy) is 3. The van der Waals surface area contributed by atoms with E-state index in [2.05, 4.69) is 16.0 Å². The SMILES string of the molecule is CC[C@H](C)[C@@H]([C@@H](CC(=O)N1CCC[C@H]1[C@H](OC)[C@@H](C)C(=O)N[C@H](C)[C@@H](O)c1ccccc1)OC)N(C)C(=O)C(NC(=O)[C@H](C(C)C)N(C)C(=O)OCc1ccc([N-]C)cc1)C(C)C. The molecule has 1 saturated heterocycles. The molecule has 2 aromatic carbocycles. The number of likely N-dealkylation sites (N-methyl/N-ethyl adjacent to an activating group) is 2. The van der Waals surface area contributed by atoms with Crippen LogP contribution in [0.2, 0.25) is 0 Å². The maximum absolute atomic E-state index is 14.5. The molecule has 63 heavy (non-hydrogen) atoms. The van der Waals surface area contributed by atoms with Gasteiger partial charge < -0.3 is 45.1 Å². The average molecular weight is 880 g/mol. The van der Waals surface area contributed by atoms with E-state index in [1.54, 1.807) is 49.9 Å². The van der Waals surface area contributed by atoms with Crippen LogP contribution < -0.4 is 10.6 Å². The quantitative estimate of drug-likeness (QED) is 0.117. The molecule has 0 saturated carbocycles. The second kappa shape index (κ2) is 24.9. The molecule has 352 valence electrons. The lowest BCUT2D eigenvalue weighted by Crippen LogP contribution is -2.60. The van der Waals surface area contributed by atoms with Crippen LogP contribution in [0.3, 0.4) is 0 Å². The summed E-state index contributed by atoms with van der Waals surface area (Å²) in [6.45, 7) is 15.4. The summed E-state index contributed by atoms with van der Waals surface area (Å²) in [6, 6.07) is 13.0. The Hall–Kier alpha value is -4.73. The van der Waals surface area contributed by atoms with Crippen molar-refractivity contribution in [3.8, 4) is 0 Å². The van der Waals surface area contributed by atoms with Crippen LogP contribution in [0, 0.1) is 23.7 Å². The largest absolute Gasteiger partial charge is 0.687 e. The number of hydrogen-bond acceptors (Lipinski definition) is 9. The van der Waals surface area contributed by atoms with Crippen molar-refractivity contribution in [1.82, 2.24) is 25.3 Å². The molecule has 1 aliphatic rings. The second-order valence-corrected chi connectivity index (χ2v) is 17.7. The predicted molar refractivity (Wildman–Crippen MR) is 244 cm³/mol. The molecule has 2 aromatic rings. The van der Waals surface area contributed by atoms with Gasteiger partial charge in [-0.15, -0.1) is 12.7 Å². The first-order valence-electron chi connectivity index (χ1n) is 22.4. The Balaban J connectivity index is 1.75. The van der Waals surface area contributed by atoms with Crippen molar-refractivity contribution >= 4 is 35.4 Å². The summed E-state index contributed by atoms with van der Waals surface area (Å²) in [5.41, 5.74) is 2.27. The number of benzene rings is 2. The number of nitrogens with one attached hydrogen (secondary N) is 2. The molecule has 15 heteroatoms. The van der Waals surface area contributed by atoms with E-state index in [9.17, 15) is 29.1 Å². The smallest absolute Gasteiger partial charge is 0.410 e. The third kappa shape index (κ3) is 13.9. The Labute approximate surface area is 375 Å². The normalized spacial score (nSPS) is 18.3. The van der Waals surface area contributed by atoms with Crippen LogP contribution in [0.25, 0.3) is 5.32 Å². The molecular formula is C48H75N6O9-. The molecule has 0 spiro atoms. The number of carbonyl (C=O) groups excluding carboxylic acids is 5. The third-order valence-electron chi connectivity index (χ3n) is 12.6. The number of aliphatic hydroxyl groups excluding tert-OH is 1. The monoisotopic (exact) mass is 880 g/mol. The highest BCUT2D eigenvalue weighted by atomic mass is 16.6. The summed E-state index contributed by atoms with van der Waals surface area (Å²) in [5.74, 6) is -2.70. The van der Waals surface area contributed by atoms with Crippen LogP contribution in [-0.2, 0) is 40.0 Å². The first-order chi connectivity index (χ1) is 29.8. The van der Waals surface area contributed by atoms with E-state index in [0.717, 1.165) is 17.7 Å². The Morgan fingerprint density at radius 2 is 1.49 bits per heavy atom. The number of amides is 5. The number of nitrogens with zero attached hydrogens (tertiary/aromatic N) is 4.